The van der Waals surface area contributed by atoms with E-state index < -0.39 is 0 Å². The third-order valence-corrected chi connectivity index (χ3v) is 6.50. The van der Waals surface area contributed by atoms with E-state index in [4.69, 9.17) is 20.4 Å². The molecular weight excluding hydrogens is 438 g/mol. The highest BCUT2D eigenvalue weighted by molar-refractivity contribution is 5.85. The highest BCUT2D eigenvalue weighted by Crippen LogP contribution is 2.37. The van der Waals surface area contributed by atoms with Gasteiger partial charge in [-0.1, -0.05) is 6.92 Å². The second kappa shape index (κ2) is 9.37. The van der Waals surface area contributed by atoms with Crippen LogP contribution in [0.5, 0.6) is 0 Å². The first-order chi connectivity index (χ1) is 16.5. The normalized spacial score (nSPS) is 18.0. The number of carbonyl (C=O) groups is 2. The van der Waals surface area contributed by atoms with Gasteiger partial charge in [-0.15, -0.1) is 0 Å². The van der Waals surface area contributed by atoms with Crippen molar-refractivity contribution >= 4 is 29.5 Å². The van der Waals surface area contributed by atoms with Crippen molar-refractivity contribution in [3.05, 3.63) is 18.0 Å². The maximum absolute atomic E-state index is 12.4. The summed E-state index contributed by atoms with van der Waals surface area (Å²) < 4.78 is 5.50. The van der Waals surface area contributed by atoms with E-state index in [1.807, 2.05) is 0 Å². The maximum Gasteiger partial charge on any atom is 0.242 e. The van der Waals surface area contributed by atoms with E-state index in [0.717, 1.165) is 48.7 Å². The Hall–Kier alpha value is -3.54. The summed E-state index contributed by atoms with van der Waals surface area (Å²) in [6.45, 7) is 6.56. The molecule has 0 aromatic carbocycles. The molecule has 3 N–H and O–H groups in total. The molecule has 5 heterocycles. The molecular formula is C22H29N9O3. The predicted molar refractivity (Wildman–Crippen MR) is 125 cm³/mol. The van der Waals surface area contributed by atoms with Crippen LogP contribution in [0.4, 0.5) is 17.7 Å². The van der Waals surface area contributed by atoms with Crippen molar-refractivity contribution in [2.75, 3.05) is 68.0 Å². The maximum atomic E-state index is 12.4. The van der Waals surface area contributed by atoms with Gasteiger partial charge >= 0.3 is 0 Å². The fraction of sp³-hybridized carbons (Fsp3) is 0.545. The van der Waals surface area contributed by atoms with E-state index >= 15 is 0 Å². The molecule has 0 spiro atoms. The summed E-state index contributed by atoms with van der Waals surface area (Å²) >= 11 is 0. The molecule has 34 heavy (non-hydrogen) atoms. The smallest absolute Gasteiger partial charge is 0.242 e. The number of nitrogens with one attached hydrogen (secondary N) is 1. The van der Waals surface area contributed by atoms with Crippen LogP contribution < -0.4 is 20.9 Å². The highest BCUT2D eigenvalue weighted by atomic mass is 16.5. The van der Waals surface area contributed by atoms with Crippen LogP contribution in [0.1, 0.15) is 18.9 Å². The summed E-state index contributed by atoms with van der Waals surface area (Å²) in [6.07, 6.45) is 4.57. The fourth-order valence-electron chi connectivity index (χ4n) is 4.49. The Morgan fingerprint density at radius 3 is 2.59 bits per heavy atom. The quantitative estimate of drug-likeness (QED) is 0.568. The average molecular weight is 468 g/mol. The van der Waals surface area contributed by atoms with Gasteiger partial charge in [0.15, 0.2) is 0 Å². The molecule has 12 heteroatoms. The molecule has 2 saturated heterocycles. The fourth-order valence-corrected chi connectivity index (χ4v) is 4.49. The number of hydrogen-bond donors (Lipinski definition) is 2. The number of rotatable bonds is 6. The van der Waals surface area contributed by atoms with Crippen LogP contribution in [-0.4, -0.2) is 95.2 Å². The van der Waals surface area contributed by atoms with Crippen molar-refractivity contribution in [2.24, 2.45) is 0 Å². The molecule has 0 bridgehead atoms. The Balaban J connectivity index is 1.38. The van der Waals surface area contributed by atoms with Gasteiger partial charge in [-0.2, -0.15) is 4.98 Å². The topological polar surface area (TPSA) is 143 Å². The van der Waals surface area contributed by atoms with E-state index in [9.17, 15) is 9.59 Å². The van der Waals surface area contributed by atoms with Gasteiger partial charge in [-0.05, 0) is 6.42 Å². The molecule has 2 aromatic rings. The molecule has 2 amide bonds. The summed E-state index contributed by atoms with van der Waals surface area (Å²) in [4.78, 5) is 48.2. The zero-order valence-corrected chi connectivity index (χ0v) is 19.2. The van der Waals surface area contributed by atoms with Crippen LogP contribution in [0.3, 0.4) is 0 Å². The second-order valence-corrected chi connectivity index (χ2v) is 8.63. The number of fused-ring (bicyclic) bond motifs is 1. The van der Waals surface area contributed by atoms with Crippen molar-refractivity contribution in [1.82, 2.24) is 30.2 Å². The first-order valence-corrected chi connectivity index (χ1v) is 11.7. The Morgan fingerprint density at radius 2 is 1.88 bits per heavy atom. The minimum absolute atomic E-state index is 0.0423. The van der Waals surface area contributed by atoms with Gasteiger partial charge in [-0.3, -0.25) is 9.59 Å². The van der Waals surface area contributed by atoms with E-state index in [0.29, 0.717) is 38.7 Å². The van der Waals surface area contributed by atoms with Crippen LogP contribution in [0, 0.1) is 0 Å². The Bertz CT molecular complexity index is 1070. The van der Waals surface area contributed by atoms with Crippen LogP contribution in [0.15, 0.2) is 12.4 Å². The Labute approximate surface area is 197 Å². The van der Waals surface area contributed by atoms with E-state index in [2.05, 4.69) is 25.1 Å². The molecule has 12 nitrogen and oxygen atoms in total. The molecule has 180 valence electrons. The second-order valence-electron chi connectivity index (χ2n) is 8.63. The summed E-state index contributed by atoms with van der Waals surface area (Å²) in [5.74, 6) is 1.60. The van der Waals surface area contributed by atoms with Crippen LogP contribution in [0.2, 0.25) is 0 Å². The van der Waals surface area contributed by atoms with E-state index in [-0.39, 0.29) is 30.3 Å². The summed E-state index contributed by atoms with van der Waals surface area (Å²) in [5, 5.41) is 2.65. The lowest BCUT2D eigenvalue weighted by molar-refractivity contribution is -0.136. The number of nitrogens with zero attached hydrogens (tertiary/aromatic N) is 7. The van der Waals surface area contributed by atoms with Crippen molar-refractivity contribution in [2.45, 2.75) is 25.8 Å². The molecule has 3 aliphatic rings. The van der Waals surface area contributed by atoms with Crippen molar-refractivity contribution in [3.63, 3.8) is 0 Å². The zero-order valence-electron chi connectivity index (χ0n) is 19.2. The van der Waals surface area contributed by atoms with Gasteiger partial charge in [-0.25, -0.2) is 15.0 Å². The highest BCUT2D eigenvalue weighted by Gasteiger charge is 2.39. The number of morpholine rings is 1. The van der Waals surface area contributed by atoms with Crippen molar-refractivity contribution in [3.8, 4) is 11.3 Å². The molecule has 0 radical (unpaired) electrons. The molecule has 5 rings (SSSR count). The number of nitrogens with two attached hydrogens (primary N) is 1. The lowest BCUT2D eigenvalue weighted by Gasteiger charge is -2.44. The third-order valence-electron chi connectivity index (χ3n) is 6.50. The molecule has 0 atom stereocenters. The van der Waals surface area contributed by atoms with Crippen LogP contribution >= 0.6 is 0 Å². The lowest BCUT2D eigenvalue weighted by atomic mass is 10.1. The van der Waals surface area contributed by atoms with Crippen LogP contribution in [0.25, 0.3) is 11.3 Å². The Kier molecular flexibility index (Phi) is 6.14. The lowest BCUT2D eigenvalue weighted by Crippen LogP contribution is -2.62. The minimum atomic E-state index is -0.120. The number of nitrogen functional groups attached to an aromatic ring is 1. The number of aromatic nitrogens is 4. The van der Waals surface area contributed by atoms with Crippen molar-refractivity contribution in [1.29, 1.82) is 0 Å². The molecule has 2 fully saturated rings. The van der Waals surface area contributed by atoms with Crippen LogP contribution in [-0.2, 0) is 20.7 Å². The van der Waals surface area contributed by atoms with E-state index in [1.165, 1.54) is 0 Å². The number of hydrogen-bond acceptors (Lipinski definition) is 10. The molecule has 0 unspecified atom stereocenters. The number of carbonyl (C=O) groups excluding carboxylic acids is 2. The largest absolute Gasteiger partial charge is 0.378 e. The number of anilines is 3. The third kappa shape index (κ3) is 4.32. The molecule has 0 saturated carbocycles. The number of amides is 2. The monoisotopic (exact) mass is 467 g/mol. The number of likely N-dealkylation sites (tertiary alicyclic amines) is 1. The van der Waals surface area contributed by atoms with Gasteiger partial charge in [0.05, 0.1) is 31.5 Å². The van der Waals surface area contributed by atoms with E-state index in [1.54, 1.807) is 24.2 Å². The average Bonchev–Trinajstić information content (AvgIpc) is 3.25. The Morgan fingerprint density at radius 1 is 1.15 bits per heavy atom. The minimum Gasteiger partial charge on any atom is -0.378 e. The van der Waals surface area contributed by atoms with Gasteiger partial charge in [0.1, 0.15) is 5.82 Å². The zero-order chi connectivity index (χ0) is 23.7. The molecule has 0 aliphatic carbocycles. The summed E-state index contributed by atoms with van der Waals surface area (Å²) in [7, 11) is 0. The summed E-state index contributed by atoms with van der Waals surface area (Å²) in [6, 6.07) is 0.176. The van der Waals surface area contributed by atoms with Crippen molar-refractivity contribution < 1.29 is 14.3 Å². The number of ether oxygens (including phenoxy) is 1. The molecule has 3 aliphatic heterocycles. The summed E-state index contributed by atoms with van der Waals surface area (Å²) in [5.41, 5.74) is 8.38. The molecule has 2 aromatic heterocycles. The SMILES string of the molecule is CCC(=O)NCC(=O)N1CC(N2CCc3c(-c4cnc(N)nc4)nc(N4CCOCC4)nc32)C1. The van der Waals surface area contributed by atoms with Gasteiger partial charge in [0, 0.05) is 62.7 Å². The van der Waals surface area contributed by atoms with Gasteiger partial charge in [0.2, 0.25) is 23.7 Å². The standard InChI is InChI=1S/C22H29N9O3/c1-2-17(32)24-11-18(33)30-12-15(13-30)31-4-3-16-19(14-9-25-21(23)26-10-14)27-22(28-20(16)31)29-5-7-34-8-6-29/h9-10,15H,2-8,11-13H2,1H3,(H,24,32)(H2,23,25,26). The van der Waals surface area contributed by atoms with Gasteiger partial charge < -0.3 is 30.5 Å². The first kappa shape index (κ1) is 22.3. The predicted octanol–water partition coefficient (Wildman–Crippen LogP) is -0.548. The first-order valence-electron chi connectivity index (χ1n) is 11.7. The van der Waals surface area contributed by atoms with Gasteiger partial charge in [0.25, 0.3) is 0 Å².